The predicted molar refractivity (Wildman–Crippen MR) is 103 cm³/mol. The standard InChI is InChI=1S/C21H34N4O/c1-17(2)24-13-11-22-19(24)14-23-12-5-9-21(15-23)10-8-20(26)25(16-21)18-6-3-4-7-18/h11,13,17-18H,3-10,12,14-16H2,1-2H3/t21-/m0/s1. The second-order valence-corrected chi connectivity index (χ2v) is 9.12. The number of nitrogens with zero attached hydrogens (tertiary/aromatic N) is 4. The molecular weight excluding hydrogens is 324 g/mol. The molecule has 2 aliphatic heterocycles. The van der Waals surface area contributed by atoms with Gasteiger partial charge in [-0.3, -0.25) is 9.69 Å². The molecule has 0 unspecified atom stereocenters. The molecule has 1 aliphatic carbocycles. The van der Waals surface area contributed by atoms with Gasteiger partial charge in [0.15, 0.2) is 0 Å². The quantitative estimate of drug-likeness (QED) is 0.826. The fourth-order valence-corrected chi connectivity index (χ4v) is 5.51. The van der Waals surface area contributed by atoms with Crippen molar-refractivity contribution in [3.05, 3.63) is 18.2 Å². The van der Waals surface area contributed by atoms with Gasteiger partial charge in [-0.2, -0.15) is 0 Å². The molecule has 144 valence electrons. The Bertz CT molecular complexity index is 634. The Morgan fingerprint density at radius 2 is 2.00 bits per heavy atom. The number of rotatable bonds is 4. The molecule has 1 aromatic heterocycles. The van der Waals surface area contributed by atoms with Crippen molar-refractivity contribution in [2.45, 2.75) is 83.8 Å². The van der Waals surface area contributed by atoms with Crippen LogP contribution in [-0.2, 0) is 11.3 Å². The van der Waals surface area contributed by atoms with Gasteiger partial charge in [0.05, 0.1) is 6.54 Å². The van der Waals surface area contributed by atoms with E-state index < -0.39 is 0 Å². The van der Waals surface area contributed by atoms with E-state index in [1.165, 1.54) is 44.3 Å². The molecule has 0 aromatic carbocycles. The highest BCUT2D eigenvalue weighted by molar-refractivity contribution is 5.77. The van der Waals surface area contributed by atoms with Crippen molar-refractivity contribution in [3.63, 3.8) is 0 Å². The van der Waals surface area contributed by atoms with Crippen molar-refractivity contribution >= 4 is 5.91 Å². The normalized spacial score (nSPS) is 28.6. The summed E-state index contributed by atoms with van der Waals surface area (Å²) in [5.41, 5.74) is 0.310. The first-order valence-corrected chi connectivity index (χ1v) is 10.6. The zero-order chi connectivity index (χ0) is 18.1. The van der Waals surface area contributed by atoms with Gasteiger partial charge in [-0.15, -0.1) is 0 Å². The second kappa shape index (κ2) is 7.34. The number of aromatic nitrogens is 2. The summed E-state index contributed by atoms with van der Waals surface area (Å²) in [6.45, 7) is 8.64. The first kappa shape index (κ1) is 18.0. The van der Waals surface area contributed by atoms with Gasteiger partial charge in [0.2, 0.25) is 5.91 Å². The first-order valence-electron chi connectivity index (χ1n) is 10.6. The van der Waals surface area contributed by atoms with Crippen LogP contribution in [0.1, 0.15) is 77.1 Å². The number of piperidine rings is 2. The Kier molecular flexibility index (Phi) is 5.09. The fraction of sp³-hybridized carbons (Fsp3) is 0.810. The van der Waals surface area contributed by atoms with Crippen LogP contribution in [0.4, 0.5) is 0 Å². The van der Waals surface area contributed by atoms with E-state index in [0.717, 1.165) is 39.0 Å². The average molecular weight is 359 g/mol. The Morgan fingerprint density at radius 3 is 2.77 bits per heavy atom. The van der Waals surface area contributed by atoms with Crippen LogP contribution >= 0.6 is 0 Å². The summed E-state index contributed by atoms with van der Waals surface area (Å²) in [5, 5.41) is 0. The monoisotopic (exact) mass is 358 g/mol. The SMILES string of the molecule is CC(C)n1ccnc1CN1CCC[C@]2(CCC(=O)N(C3CCCC3)C2)C1. The molecule has 26 heavy (non-hydrogen) atoms. The molecule has 3 aliphatic rings. The summed E-state index contributed by atoms with van der Waals surface area (Å²) in [7, 11) is 0. The molecule has 1 amide bonds. The van der Waals surface area contributed by atoms with Gasteiger partial charge in [-0.1, -0.05) is 12.8 Å². The van der Waals surface area contributed by atoms with Crippen molar-refractivity contribution in [2.75, 3.05) is 19.6 Å². The summed E-state index contributed by atoms with van der Waals surface area (Å²) < 4.78 is 2.29. The zero-order valence-electron chi connectivity index (χ0n) is 16.5. The van der Waals surface area contributed by atoms with Crippen LogP contribution in [0.15, 0.2) is 12.4 Å². The topological polar surface area (TPSA) is 41.4 Å². The second-order valence-electron chi connectivity index (χ2n) is 9.12. The Labute approximate surface area is 157 Å². The number of amides is 1. The van der Waals surface area contributed by atoms with E-state index in [2.05, 4.69) is 39.4 Å². The van der Waals surface area contributed by atoms with Crippen LogP contribution in [0.5, 0.6) is 0 Å². The van der Waals surface area contributed by atoms with Crippen molar-refractivity contribution in [1.82, 2.24) is 19.4 Å². The van der Waals surface area contributed by atoms with E-state index in [-0.39, 0.29) is 0 Å². The minimum Gasteiger partial charge on any atom is -0.339 e. The lowest BCUT2D eigenvalue weighted by molar-refractivity contribution is -0.142. The number of likely N-dealkylation sites (tertiary alicyclic amines) is 2. The van der Waals surface area contributed by atoms with Crippen molar-refractivity contribution in [2.24, 2.45) is 5.41 Å². The maximum absolute atomic E-state index is 12.6. The van der Waals surface area contributed by atoms with Gasteiger partial charge >= 0.3 is 0 Å². The summed E-state index contributed by atoms with van der Waals surface area (Å²) in [5.74, 6) is 1.59. The third-order valence-corrected chi connectivity index (χ3v) is 6.87. The number of hydrogen-bond donors (Lipinski definition) is 0. The van der Waals surface area contributed by atoms with E-state index >= 15 is 0 Å². The molecule has 2 saturated heterocycles. The molecule has 3 fully saturated rings. The Balaban J connectivity index is 1.45. The molecule has 0 radical (unpaired) electrons. The minimum atomic E-state index is 0.310. The van der Waals surface area contributed by atoms with E-state index in [9.17, 15) is 4.79 Å². The maximum atomic E-state index is 12.6. The van der Waals surface area contributed by atoms with Gasteiger partial charge in [-0.25, -0.2) is 4.98 Å². The maximum Gasteiger partial charge on any atom is 0.222 e. The van der Waals surface area contributed by atoms with E-state index in [1.807, 2.05) is 6.20 Å². The third-order valence-electron chi connectivity index (χ3n) is 6.87. The van der Waals surface area contributed by atoms with Crippen LogP contribution < -0.4 is 0 Å². The van der Waals surface area contributed by atoms with Crippen molar-refractivity contribution in [3.8, 4) is 0 Å². The highest BCUT2D eigenvalue weighted by atomic mass is 16.2. The molecule has 5 nitrogen and oxygen atoms in total. The molecule has 3 heterocycles. The first-order chi connectivity index (χ1) is 12.6. The highest BCUT2D eigenvalue weighted by Gasteiger charge is 2.43. The van der Waals surface area contributed by atoms with Gasteiger partial charge < -0.3 is 9.47 Å². The summed E-state index contributed by atoms with van der Waals surface area (Å²) in [6.07, 6.45) is 13.4. The Morgan fingerprint density at radius 1 is 1.19 bits per heavy atom. The third kappa shape index (κ3) is 3.55. The summed E-state index contributed by atoms with van der Waals surface area (Å²) >= 11 is 0. The van der Waals surface area contributed by atoms with Gasteiger partial charge in [0.25, 0.3) is 0 Å². The van der Waals surface area contributed by atoms with Crippen LogP contribution in [0, 0.1) is 5.41 Å². The number of imidazole rings is 1. The average Bonchev–Trinajstić information content (AvgIpc) is 3.29. The van der Waals surface area contributed by atoms with E-state index in [1.54, 1.807) is 0 Å². The highest BCUT2D eigenvalue weighted by Crippen LogP contribution is 2.41. The number of carbonyl (C=O) groups is 1. The lowest BCUT2D eigenvalue weighted by Gasteiger charge is -2.49. The summed E-state index contributed by atoms with van der Waals surface area (Å²) in [4.78, 5) is 22.0. The molecule has 1 atom stereocenters. The van der Waals surface area contributed by atoms with Crippen molar-refractivity contribution in [1.29, 1.82) is 0 Å². The van der Waals surface area contributed by atoms with Gasteiger partial charge in [-0.05, 0) is 52.5 Å². The lowest BCUT2D eigenvalue weighted by Crippen LogP contribution is -2.56. The zero-order valence-corrected chi connectivity index (χ0v) is 16.5. The predicted octanol–water partition coefficient (Wildman–Crippen LogP) is 3.61. The molecule has 1 aromatic rings. The number of hydrogen-bond acceptors (Lipinski definition) is 3. The smallest absolute Gasteiger partial charge is 0.222 e. The minimum absolute atomic E-state index is 0.310. The van der Waals surface area contributed by atoms with E-state index in [4.69, 9.17) is 0 Å². The molecule has 5 heteroatoms. The van der Waals surface area contributed by atoms with Gasteiger partial charge in [0.1, 0.15) is 5.82 Å². The van der Waals surface area contributed by atoms with Gasteiger partial charge in [0, 0.05) is 49.4 Å². The molecule has 0 bridgehead atoms. The summed E-state index contributed by atoms with van der Waals surface area (Å²) in [6, 6.07) is 0.978. The van der Waals surface area contributed by atoms with Crippen LogP contribution in [0.2, 0.25) is 0 Å². The molecule has 1 spiro atoms. The fourth-order valence-electron chi connectivity index (χ4n) is 5.51. The van der Waals surface area contributed by atoms with Crippen LogP contribution in [0.3, 0.4) is 0 Å². The van der Waals surface area contributed by atoms with Crippen LogP contribution in [0.25, 0.3) is 0 Å². The largest absolute Gasteiger partial charge is 0.339 e. The Hall–Kier alpha value is -1.36. The number of carbonyl (C=O) groups excluding carboxylic acids is 1. The molecular formula is C21H34N4O. The van der Waals surface area contributed by atoms with E-state index in [0.29, 0.717) is 23.4 Å². The van der Waals surface area contributed by atoms with Crippen LogP contribution in [-0.4, -0.2) is 50.9 Å². The molecule has 1 saturated carbocycles. The molecule has 0 N–H and O–H groups in total. The molecule has 4 rings (SSSR count). The van der Waals surface area contributed by atoms with Crippen molar-refractivity contribution < 1.29 is 4.79 Å². The lowest BCUT2D eigenvalue weighted by atomic mass is 9.73.